The average Bonchev–Trinajstić information content (AvgIpc) is 3.46. The molecule has 4 aromatic rings. The van der Waals surface area contributed by atoms with E-state index in [1.807, 2.05) is 24.3 Å². The highest BCUT2D eigenvalue weighted by molar-refractivity contribution is 6.14. The van der Waals surface area contributed by atoms with Gasteiger partial charge in [0.15, 0.2) is 0 Å². The van der Waals surface area contributed by atoms with E-state index in [1.54, 1.807) is 42.5 Å². The van der Waals surface area contributed by atoms with Gasteiger partial charge in [-0.25, -0.2) is 14.5 Å². The van der Waals surface area contributed by atoms with Gasteiger partial charge in [0.2, 0.25) is 0 Å². The Bertz CT molecular complexity index is 1570. The zero-order valence-corrected chi connectivity index (χ0v) is 18.8. The van der Waals surface area contributed by atoms with Crippen molar-refractivity contribution < 1.29 is 14.4 Å². The molecule has 0 aliphatic carbocycles. The smallest absolute Gasteiger partial charge is 0.319 e. The highest BCUT2D eigenvalue weighted by Gasteiger charge is 2.19. The molecule has 178 valence electrons. The number of benzene rings is 3. The third kappa shape index (κ3) is 4.68. The van der Waals surface area contributed by atoms with Crippen LogP contribution in [0.4, 0.5) is 16.2 Å². The van der Waals surface area contributed by atoms with Gasteiger partial charge in [0.05, 0.1) is 11.3 Å². The second-order valence-electron chi connectivity index (χ2n) is 7.99. The van der Waals surface area contributed by atoms with E-state index in [2.05, 4.69) is 26.0 Å². The van der Waals surface area contributed by atoms with Crippen molar-refractivity contribution in [3.63, 3.8) is 0 Å². The number of anilines is 2. The number of nitrogens with zero attached hydrogens (tertiary/aromatic N) is 2. The summed E-state index contributed by atoms with van der Waals surface area (Å²) in [5.41, 5.74) is 2.74. The predicted octanol–water partition coefficient (Wildman–Crippen LogP) is 3.31. The largest absolute Gasteiger partial charge is 0.334 e. The molecule has 0 spiro atoms. The van der Waals surface area contributed by atoms with Crippen LogP contribution < -0.4 is 21.5 Å². The Kier molecular flexibility index (Phi) is 5.98. The van der Waals surface area contributed by atoms with Crippen molar-refractivity contribution in [1.82, 2.24) is 15.1 Å². The van der Waals surface area contributed by atoms with Gasteiger partial charge in [0.25, 0.3) is 17.4 Å². The minimum absolute atomic E-state index is 0.0937. The summed E-state index contributed by atoms with van der Waals surface area (Å²) in [6.07, 6.45) is 2.78. The number of aromatic nitrogens is 2. The van der Waals surface area contributed by atoms with Crippen molar-refractivity contribution in [3.05, 3.63) is 112 Å². The number of aromatic amines is 1. The van der Waals surface area contributed by atoms with Gasteiger partial charge < -0.3 is 16.0 Å². The van der Waals surface area contributed by atoms with Gasteiger partial charge in [-0.15, -0.1) is 0 Å². The van der Waals surface area contributed by atoms with Crippen LogP contribution in [0.5, 0.6) is 0 Å². The molecule has 5 rings (SSSR count). The third-order valence-electron chi connectivity index (χ3n) is 5.53. The highest BCUT2D eigenvalue weighted by atomic mass is 16.2. The first-order chi connectivity index (χ1) is 17.5. The van der Waals surface area contributed by atoms with Crippen LogP contribution in [0.25, 0.3) is 5.69 Å². The molecule has 10 heteroatoms. The maximum Gasteiger partial charge on any atom is 0.319 e. The molecule has 10 nitrogen and oxygen atoms in total. The number of carbonyl (C=O) groups excluding carboxylic acids is 3. The molecular weight excluding hydrogens is 460 g/mol. The van der Waals surface area contributed by atoms with Crippen LogP contribution in [-0.2, 0) is 6.54 Å². The second-order valence-corrected chi connectivity index (χ2v) is 7.99. The first kappa shape index (κ1) is 22.5. The maximum absolute atomic E-state index is 12.9. The third-order valence-corrected chi connectivity index (χ3v) is 5.53. The normalized spacial score (nSPS) is 11.7. The topological polar surface area (TPSA) is 137 Å². The number of carbonyl (C=O) groups is 3. The van der Waals surface area contributed by atoms with Crippen LogP contribution in [-0.4, -0.2) is 33.8 Å². The number of amides is 4. The van der Waals surface area contributed by atoms with E-state index in [9.17, 15) is 19.2 Å². The first-order valence-corrected chi connectivity index (χ1v) is 11.0. The quantitative estimate of drug-likeness (QED) is 0.336. The summed E-state index contributed by atoms with van der Waals surface area (Å²) >= 11 is 0. The van der Waals surface area contributed by atoms with Crippen molar-refractivity contribution in [2.45, 2.75) is 6.54 Å². The van der Waals surface area contributed by atoms with Gasteiger partial charge in [-0.05, 0) is 42.0 Å². The first-order valence-electron chi connectivity index (χ1n) is 11.0. The van der Waals surface area contributed by atoms with Crippen molar-refractivity contribution in [2.24, 2.45) is 4.99 Å². The minimum atomic E-state index is -0.614. The highest BCUT2D eigenvalue weighted by Crippen LogP contribution is 2.20. The minimum Gasteiger partial charge on any atom is -0.334 e. The van der Waals surface area contributed by atoms with Crippen molar-refractivity contribution in [2.75, 3.05) is 10.6 Å². The summed E-state index contributed by atoms with van der Waals surface area (Å²) < 4.78 is 1.24. The lowest BCUT2D eigenvalue weighted by molar-refractivity contribution is 0.100. The lowest BCUT2D eigenvalue weighted by Crippen LogP contribution is -2.28. The van der Waals surface area contributed by atoms with Gasteiger partial charge in [0.1, 0.15) is 5.56 Å². The zero-order valence-electron chi connectivity index (χ0n) is 18.8. The van der Waals surface area contributed by atoms with E-state index >= 15 is 0 Å². The molecule has 2 heterocycles. The van der Waals surface area contributed by atoms with E-state index in [1.165, 1.54) is 23.2 Å². The number of para-hydroxylation sites is 1. The Labute approximate surface area is 204 Å². The Morgan fingerprint density at radius 3 is 2.56 bits per heavy atom. The molecule has 1 aliphatic rings. The molecular formula is C26H20N6O4. The van der Waals surface area contributed by atoms with E-state index < -0.39 is 11.5 Å². The van der Waals surface area contributed by atoms with Crippen molar-refractivity contribution in [3.8, 4) is 5.69 Å². The summed E-state index contributed by atoms with van der Waals surface area (Å²) in [6.45, 7) is 0.232. The van der Waals surface area contributed by atoms with Gasteiger partial charge in [0, 0.05) is 35.9 Å². The van der Waals surface area contributed by atoms with E-state index in [-0.39, 0.29) is 24.0 Å². The fraction of sp³-hybridized carbons (Fsp3) is 0.0385. The molecule has 3 aromatic carbocycles. The van der Waals surface area contributed by atoms with Crippen LogP contribution >= 0.6 is 0 Å². The molecule has 0 bridgehead atoms. The average molecular weight is 480 g/mol. The summed E-state index contributed by atoms with van der Waals surface area (Å²) in [6, 6.07) is 20.5. The molecule has 0 saturated heterocycles. The lowest BCUT2D eigenvalue weighted by atomic mass is 10.1. The fourth-order valence-corrected chi connectivity index (χ4v) is 3.74. The summed E-state index contributed by atoms with van der Waals surface area (Å²) in [5.74, 6) is -0.992. The number of hydrogen-bond acceptors (Lipinski definition) is 4. The second kappa shape index (κ2) is 9.55. The summed E-state index contributed by atoms with van der Waals surface area (Å²) in [5, 5.41) is 10.9. The Hall–Kier alpha value is -5.25. The molecule has 36 heavy (non-hydrogen) atoms. The van der Waals surface area contributed by atoms with Crippen molar-refractivity contribution in [1.29, 1.82) is 0 Å². The van der Waals surface area contributed by atoms with Gasteiger partial charge in [-0.3, -0.25) is 19.5 Å². The molecule has 0 saturated carbocycles. The van der Waals surface area contributed by atoms with Crippen LogP contribution in [0.3, 0.4) is 0 Å². The molecule has 4 amide bonds. The molecule has 4 N–H and O–H groups in total. The molecule has 1 aliphatic heterocycles. The summed E-state index contributed by atoms with van der Waals surface area (Å²) in [4.78, 5) is 53.3. The number of nitrogens with one attached hydrogen (secondary N) is 4. The number of hydrogen-bond donors (Lipinski definition) is 4. The number of rotatable bonds is 6. The van der Waals surface area contributed by atoms with Crippen LogP contribution in [0, 0.1) is 0 Å². The van der Waals surface area contributed by atoms with E-state index in [0.717, 1.165) is 5.56 Å². The molecule has 0 fully saturated rings. The zero-order chi connectivity index (χ0) is 25.1. The lowest BCUT2D eigenvalue weighted by Gasteiger charge is -2.09. The SMILES string of the molecule is O=C(NCc1cccc(-n2[nH]cc(C(=O)Nc3ccc4c(c3)C(=O)N=C4)c2=O)c1)Nc1ccccc1. The molecule has 0 radical (unpaired) electrons. The number of H-pyrrole nitrogens is 1. The maximum atomic E-state index is 12.9. The number of urea groups is 1. The monoisotopic (exact) mass is 480 g/mol. The van der Waals surface area contributed by atoms with Crippen LogP contribution in [0.15, 0.2) is 88.8 Å². The number of aliphatic imine (C=N–C) groups is 1. The van der Waals surface area contributed by atoms with E-state index in [0.29, 0.717) is 28.2 Å². The number of fused-ring (bicyclic) bond motifs is 1. The predicted molar refractivity (Wildman–Crippen MR) is 135 cm³/mol. The summed E-state index contributed by atoms with van der Waals surface area (Å²) in [7, 11) is 0. The van der Waals surface area contributed by atoms with Gasteiger partial charge >= 0.3 is 6.03 Å². The fourth-order valence-electron chi connectivity index (χ4n) is 3.74. The van der Waals surface area contributed by atoms with E-state index in [4.69, 9.17) is 0 Å². The van der Waals surface area contributed by atoms with Crippen LogP contribution in [0.1, 0.15) is 31.8 Å². The molecule has 0 unspecified atom stereocenters. The van der Waals surface area contributed by atoms with Crippen LogP contribution in [0.2, 0.25) is 0 Å². The van der Waals surface area contributed by atoms with Gasteiger partial charge in [-0.2, -0.15) is 0 Å². The standard InChI is InChI=1S/C26H20N6O4/c33-23-21-12-19(10-9-17(21)14-27-23)30-24(34)22-15-29-32(25(22)35)20-8-4-5-16(11-20)13-28-26(36)31-18-6-2-1-3-7-18/h1-12,14-15,29H,13H2,(H,30,34)(H2,28,31,36). The van der Waals surface area contributed by atoms with Crippen molar-refractivity contribution >= 4 is 35.4 Å². The molecule has 0 atom stereocenters. The molecule has 1 aromatic heterocycles. The van der Waals surface area contributed by atoms with Gasteiger partial charge in [-0.1, -0.05) is 36.4 Å². The Morgan fingerprint density at radius 2 is 1.72 bits per heavy atom. The Morgan fingerprint density at radius 1 is 0.889 bits per heavy atom. The Balaban J connectivity index is 1.26.